The molecule has 128 valence electrons. The van der Waals surface area contributed by atoms with E-state index < -0.39 is 5.91 Å². The Balaban J connectivity index is 1.77. The number of carbonyl (C=O) groups is 1. The van der Waals surface area contributed by atoms with E-state index in [1.807, 2.05) is 29.6 Å². The maximum absolute atomic E-state index is 11.6. The van der Waals surface area contributed by atoms with Crippen LogP contribution in [0.5, 0.6) is 11.5 Å². The molecule has 0 aliphatic carbocycles. The minimum atomic E-state index is -0.580. The Kier molecular flexibility index (Phi) is 5.21. The van der Waals surface area contributed by atoms with Gasteiger partial charge in [0.05, 0.1) is 23.4 Å². The molecule has 1 aromatic heterocycles. The van der Waals surface area contributed by atoms with E-state index >= 15 is 0 Å². The van der Waals surface area contributed by atoms with Crippen molar-refractivity contribution in [3.05, 3.63) is 64.1 Å². The zero-order valence-corrected chi connectivity index (χ0v) is 14.9. The number of benzene rings is 2. The Bertz CT molecular complexity index is 911. The van der Waals surface area contributed by atoms with Gasteiger partial charge in [0.25, 0.3) is 5.91 Å². The fraction of sp³-hybridized carbons (Fsp3) is 0.111. The molecule has 0 saturated carbocycles. The first-order chi connectivity index (χ1) is 12.1. The summed E-state index contributed by atoms with van der Waals surface area (Å²) in [5, 5.41) is 3.36. The van der Waals surface area contributed by atoms with Gasteiger partial charge in [0.2, 0.25) is 0 Å². The van der Waals surface area contributed by atoms with Crippen LogP contribution in [0, 0.1) is 0 Å². The van der Waals surface area contributed by atoms with Crippen molar-refractivity contribution in [1.29, 1.82) is 0 Å². The molecule has 25 heavy (non-hydrogen) atoms. The predicted octanol–water partition coefficient (Wildman–Crippen LogP) is 4.15. The number of methoxy groups -OCH3 is 1. The minimum Gasteiger partial charge on any atom is -0.497 e. The molecule has 1 amide bonds. The highest BCUT2D eigenvalue weighted by molar-refractivity contribution is 7.13. The van der Waals surface area contributed by atoms with Gasteiger partial charge in [-0.3, -0.25) is 4.79 Å². The average molecular weight is 375 g/mol. The Hall–Kier alpha value is -2.57. The lowest BCUT2D eigenvalue weighted by atomic mass is 10.2. The molecular formula is C18H15ClN2O3S. The van der Waals surface area contributed by atoms with E-state index in [0.29, 0.717) is 16.5 Å². The summed E-state index contributed by atoms with van der Waals surface area (Å²) in [6, 6.07) is 12.4. The van der Waals surface area contributed by atoms with Gasteiger partial charge >= 0.3 is 0 Å². The highest BCUT2D eigenvalue weighted by Crippen LogP contribution is 2.31. The van der Waals surface area contributed by atoms with E-state index in [2.05, 4.69) is 4.98 Å². The van der Waals surface area contributed by atoms with Gasteiger partial charge in [-0.15, -0.1) is 11.3 Å². The quantitative estimate of drug-likeness (QED) is 0.703. The number of rotatable bonds is 6. The number of hydrogen-bond donors (Lipinski definition) is 1. The van der Waals surface area contributed by atoms with Gasteiger partial charge in [-0.2, -0.15) is 0 Å². The van der Waals surface area contributed by atoms with Crippen LogP contribution in [0.3, 0.4) is 0 Å². The van der Waals surface area contributed by atoms with Gasteiger partial charge in [0.1, 0.15) is 23.1 Å². The second kappa shape index (κ2) is 7.55. The average Bonchev–Trinajstić information content (AvgIpc) is 3.09. The van der Waals surface area contributed by atoms with Crippen LogP contribution in [0.2, 0.25) is 5.02 Å². The molecule has 2 aromatic carbocycles. The molecule has 0 aliphatic rings. The number of amides is 1. The molecule has 0 unspecified atom stereocenters. The number of halogens is 1. The number of aromatic nitrogens is 1. The zero-order chi connectivity index (χ0) is 17.8. The molecule has 1 heterocycles. The highest BCUT2D eigenvalue weighted by atomic mass is 35.5. The number of primary amides is 1. The summed E-state index contributed by atoms with van der Waals surface area (Å²) in [4.78, 5) is 16.1. The van der Waals surface area contributed by atoms with Crippen molar-refractivity contribution in [2.45, 2.75) is 6.61 Å². The van der Waals surface area contributed by atoms with Crippen molar-refractivity contribution in [3.8, 4) is 22.1 Å². The largest absolute Gasteiger partial charge is 0.497 e. The lowest BCUT2D eigenvalue weighted by Gasteiger charge is -2.10. The summed E-state index contributed by atoms with van der Waals surface area (Å²) in [5.41, 5.74) is 7.29. The van der Waals surface area contributed by atoms with Crippen LogP contribution in [0.25, 0.3) is 10.6 Å². The molecular weight excluding hydrogens is 360 g/mol. The van der Waals surface area contributed by atoms with Crippen LogP contribution in [-0.4, -0.2) is 18.0 Å². The van der Waals surface area contributed by atoms with Crippen LogP contribution in [0.4, 0.5) is 0 Å². The van der Waals surface area contributed by atoms with Crippen molar-refractivity contribution in [2.75, 3.05) is 7.11 Å². The van der Waals surface area contributed by atoms with E-state index in [4.69, 9.17) is 26.8 Å². The number of thiazole rings is 1. The number of nitrogens with two attached hydrogens (primary N) is 1. The van der Waals surface area contributed by atoms with E-state index in [0.717, 1.165) is 16.3 Å². The van der Waals surface area contributed by atoms with E-state index in [-0.39, 0.29) is 12.2 Å². The summed E-state index contributed by atoms with van der Waals surface area (Å²) in [6.07, 6.45) is 0. The third kappa shape index (κ3) is 3.92. The number of carbonyl (C=O) groups excluding carboxylic acids is 1. The summed E-state index contributed by atoms with van der Waals surface area (Å²) in [6.45, 7) is 0.216. The van der Waals surface area contributed by atoms with Crippen LogP contribution in [0.1, 0.15) is 16.1 Å². The molecule has 0 spiro atoms. The standard InChI is InChI=1S/C18H15ClN2O3S/c1-23-12-6-7-16(14(8-12)17(20)22)24-9-11-10-25-18(21-11)13-4-2-3-5-15(13)19/h2-8,10H,9H2,1H3,(H2,20,22). The molecule has 0 fully saturated rings. The molecule has 3 rings (SSSR count). The van der Waals surface area contributed by atoms with Gasteiger partial charge in [-0.25, -0.2) is 4.98 Å². The fourth-order valence-corrected chi connectivity index (χ4v) is 3.36. The molecule has 3 aromatic rings. The van der Waals surface area contributed by atoms with Gasteiger partial charge in [0, 0.05) is 10.9 Å². The summed E-state index contributed by atoms with van der Waals surface area (Å²) in [7, 11) is 1.52. The summed E-state index contributed by atoms with van der Waals surface area (Å²) >= 11 is 7.68. The Labute approximate surface area is 154 Å². The first-order valence-electron chi connectivity index (χ1n) is 7.38. The maximum atomic E-state index is 11.6. The molecule has 2 N–H and O–H groups in total. The Morgan fingerprint density at radius 2 is 2.08 bits per heavy atom. The maximum Gasteiger partial charge on any atom is 0.252 e. The molecule has 0 bridgehead atoms. The van der Waals surface area contributed by atoms with Gasteiger partial charge in [-0.1, -0.05) is 29.8 Å². The SMILES string of the molecule is COc1ccc(OCc2csc(-c3ccccc3Cl)n2)c(C(N)=O)c1. The number of nitrogens with zero attached hydrogens (tertiary/aromatic N) is 1. The monoisotopic (exact) mass is 374 g/mol. The van der Waals surface area contributed by atoms with Crippen LogP contribution in [-0.2, 0) is 6.61 Å². The van der Waals surface area contributed by atoms with Crippen molar-refractivity contribution in [3.63, 3.8) is 0 Å². The third-order valence-corrected chi connectivity index (χ3v) is 4.74. The smallest absolute Gasteiger partial charge is 0.252 e. The minimum absolute atomic E-state index is 0.216. The predicted molar refractivity (Wildman–Crippen MR) is 98.4 cm³/mol. The second-order valence-electron chi connectivity index (χ2n) is 5.14. The van der Waals surface area contributed by atoms with Crippen LogP contribution in [0.15, 0.2) is 47.8 Å². The highest BCUT2D eigenvalue weighted by Gasteiger charge is 2.13. The molecule has 0 saturated heterocycles. The van der Waals surface area contributed by atoms with E-state index in [9.17, 15) is 4.79 Å². The Morgan fingerprint density at radius 1 is 1.28 bits per heavy atom. The Morgan fingerprint density at radius 3 is 2.80 bits per heavy atom. The normalized spacial score (nSPS) is 10.5. The molecule has 7 heteroatoms. The van der Waals surface area contributed by atoms with Gasteiger partial charge < -0.3 is 15.2 Å². The second-order valence-corrected chi connectivity index (χ2v) is 6.40. The number of hydrogen-bond acceptors (Lipinski definition) is 5. The molecule has 0 radical (unpaired) electrons. The summed E-state index contributed by atoms with van der Waals surface area (Å²) in [5.74, 6) is 0.348. The zero-order valence-electron chi connectivity index (χ0n) is 13.4. The lowest BCUT2D eigenvalue weighted by Crippen LogP contribution is -2.13. The van der Waals surface area contributed by atoms with E-state index in [1.165, 1.54) is 18.4 Å². The van der Waals surface area contributed by atoms with Crippen molar-refractivity contribution >= 4 is 28.8 Å². The first kappa shape index (κ1) is 17.3. The van der Waals surface area contributed by atoms with Gasteiger partial charge in [0.15, 0.2) is 0 Å². The topological polar surface area (TPSA) is 74.4 Å². The first-order valence-corrected chi connectivity index (χ1v) is 8.64. The van der Waals surface area contributed by atoms with Crippen LogP contribution >= 0.6 is 22.9 Å². The van der Waals surface area contributed by atoms with Crippen molar-refractivity contribution < 1.29 is 14.3 Å². The van der Waals surface area contributed by atoms with Gasteiger partial charge in [-0.05, 0) is 24.3 Å². The lowest BCUT2D eigenvalue weighted by molar-refractivity contribution is 0.0995. The molecule has 0 atom stereocenters. The van der Waals surface area contributed by atoms with Crippen LogP contribution < -0.4 is 15.2 Å². The molecule has 5 nitrogen and oxygen atoms in total. The van der Waals surface area contributed by atoms with Crippen molar-refractivity contribution in [1.82, 2.24) is 4.98 Å². The van der Waals surface area contributed by atoms with E-state index in [1.54, 1.807) is 18.2 Å². The fourth-order valence-electron chi connectivity index (χ4n) is 2.24. The van der Waals surface area contributed by atoms with Crippen molar-refractivity contribution in [2.24, 2.45) is 5.73 Å². The third-order valence-electron chi connectivity index (χ3n) is 3.48. The summed E-state index contributed by atoms with van der Waals surface area (Å²) < 4.78 is 10.8. The molecule has 0 aliphatic heterocycles. The number of ether oxygens (including phenoxy) is 2.